The first-order valence-corrected chi connectivity index (χ1v) is 9.92. The van der Waals surface area contributed by atoms with Crippen LogP contribution in [0.3, 0.4) is 0 Å². The number of ether oxygens (including phenoxy) is 2. The Balaban J connectivity index is 1.55. The first-order chi connectivity index (χ1) is 13.6. The Morgan fingerprint density at radius 1 is 1.17 bits per heavy atom. The van der Waals surface area contributed by atoms with Gasteiger partial charge in [-0.2, -0.15) is 0 Å². The minimum absolute atomic E-state index is 0.177. The number of rotatable bonds is 4. The van der Waals surface area contributed by atoms with Crippen molar-refractivity contribution in [3.63, 3.8) is 0 Å². The molecule has 1 N–H and O–H groups in total. The van der Waals surface area contributed by atoms with Crippen molar-refractivity contribution in [1.29, 1.82) is 0 Å². The van der Waals surface area contributed by atoms with E-state index in [9.17, 15) is 14.4 Å². The maximum Gasteiger partial charge on any atom is 0.410 e. The molecule has 0 aromatic heterocycles. The SMILES string of the molecule is Cc1ccccc1OCCN1C(=O)NC2(CCN(C(=O)OC(C)(C)C)CC2)C1=O. The molecule has 3 rings (SSSR count). The topological polar surface area (TPSA) is 88.2 Å². The smallest absolute Gasteiger partial charge is 0.410 e. The van der Waals surface area contributed by atoms with Crippen molar-refractivity contribution in [2.45, 2.75) is 51.7 Å². The van der Waals surface area contributed by atoms with Crippen LogP contribution < -0.4 is 10.1 Å². The number of hydrogen-bond acceptors (Lipinski definition) is 5. The van der Waals surface area contributed by atoms with Gasteiger partial charge < -0.3 is 19.7 Å². The molecular weight excluding hydrogens is 374 g/mol. The van der Waals surface area contributed by atoms with Gasteiger partial charge in [0.1, 0.15) is 23.5 Å². The molecule has 2 aliphatic rings. The van der Waals surface area contributed by atoms with Crippen LogP contribution in [0.1, 0.15) is 39.2 Å². The van der Waals surface area contributed by atoms with E-state index in [-0.39, 0.29) is 19.1 Å². The van der Waals surface area contributed by atoms with Gasteiger partial charge in [-0.05, 0) is 52.2 Å². The van der Waals surface area contributed by atoms with E-state index in [1.807, 2.05) is 52.0 Å². The van der Waals surface area contributed by atoms with Crippen LogP contribution in [-0.4, -0.2) is 65.2 Å². The van der Waals surface area contributed by atoms with Crippen LogP contribution in [0, 0.1) is 6.92 Å². The summed E-state index contributed by atoms with van der Waals surface area (Å²) in [5.74, 6) is 0.486. The lowest BCUT2D eigenvalue weighted by Gasteiger charge is -2.37. The number of amides is 4. The average Bonchev–Trinajstić information content (AvgIpc) is 2.86. The number of carbonyl (C=O) groups excluding carboxylic acids is 3. The highest BCUT2D eigenvalue weighted by Gasteiger charge is 2.52. The number of urea groups is 1. The predicted molar refractivity (Wildman–Crippen MR) is 107 cm³/mol. The molecular formula is C21H29N3O5. The summed E-state index contributed by atoms with van der Waals surface area (Å²) < 4.78 is 11.1. The molecule has 4 amide bonds. The molecule has 0 unspecified atom stereocenters. The van der Waals surface area contributed by atoms with Crippen LogP contribution in [0.2, 0.25) is 0 Å². The zero-order valence-electron chi connectivity index (χ0n) is 17.5. The van der Waals surface area contributed by atoms with Crippen LogP contribution in [0.15, 0.2) is 24.3 Å². The van der Waals surface area contributed by atoms with Crippen LogP contribution in [0.4, 0.5) is 9.59 Å². The van der Waals surface area contributed by atoms with Crippen LogP contribution in [0.25, 0.3) is 0 Å². The highest BCUT2D eigenvalue weighted by molar-refractivity contribution is 6.07. The first kappa shape index (κ1) is 21.0. The molecule has 0 atom stereocenters. The summed E-state index contributed by atoms with van der Waals surface area (Å²) in [5, 5.41) is 2.84. The third-order valence-corrected chi connectivity index (χ3v) is 5.18. The van der Waals surface area contributed by atoms with E-state index < -0.39 is 23.3 Å². The zero-order valence-corrected chi connectivity index (χ0v) is 17.5. The molecule has 2 fully saturated rings. The lowest BCUT2D eigenvalue weighted by molar-refractivity contribution is -0.133. The highest BCUT2D eigenvalue weighted by Crippen LogP contribution is 2.30. The molecule has 8 nitrogen and oxygen atoms in total. The quantitative estimate of drug-likeness (QED) is 0.781. The zero-order chi connectivity index (χ0) is 21.2. The molecule has 0 saturated carbocycles. The summed E-state index contributed by atoms with van der Waals surface area (Å²) in [7, 11) is 0. The molecule has 1 aromatic carbocycles. The molecule has 0 aliphatic carbocycles. The van der Waals surface area contributed by atoms with Crippen LogP contribution in [0.5, 0.6) is 5.75 Å². The number of para-hydroxylation sites is 1. The predicted octanol–water partition coefficient (Wildman–Crippen LogP) is 2.70. The highest BCUT2D eigenvalue weighted by atomic mass is 16.6. The van der Waals surface area contributed by atoms with Gasteiger partial charge in [-0.25, -0.2) is 9.59 Å². The second kappa shape index (κ2) is 7.93. The van der Waals surface area contributed by atoms with E-state index >= 15 is 0 Å². The number of imide groups is 1. The molecule has 0 radical (unpaired) electrons. The molecule has 0 bridgehead atoms. The van der Waals surface area contributed by atoms with Crippen molar-refractivity contribution in [3.05, 3.63) is 29.8 Å². The fraction of sp³-hybridized carbons (Fsp3) is 0.571. The van der Waals surface area contributed by atoms with Crippen molar-refractivity contribution in [1.82, 2.24) is 15.1 Å². The summed E-state index contributed by atoms with van der Waals surface area (Å²) in [4.78, 5) is 40.4. The minimum atomic E-state index is -0.946. The Kier molecular flexibility index (Phi) is 5.73. The Bertz CT molecular complexity index is 794. The van der Waals surface area contributed by atoms with Crippen molar-refractivity contribution in [2.75, 3.05) is 26.2 Å². The lowest BCUT2D eigenvalue weighted by Crippen LogP contribution is -2.56. The van der Waals surface area contributed by atoms with Gasteiger partial charge in [-0.3, -0.25) is 9.69 Å². The van der Waals surface area contributed by atoms with Crippen molar-refractivity contribution < 1.29 is 23.9 Å². The van der Waals surface area contributed by atoms with E-state index in [4.69, 9.17) is 9.47 Å². The van der Waals surface area contributed by atoms with E-state index in [0.29, 0.717) is 25.9 Å². The molecule has 2 aliphatic heterocycles. The van der Waals surface area contributed by atoms with Crippen molar-refractivity contribution in [2.24, 2.45) is 0 Å². The summed E-state index contributed by atoms with van der Waals surface area (Å²) in [6, 6.07) is 7.19. The minimum Gasteiger partial charge on any atom is -0.491 e. The van der Waals surface area contributed by atoms with Gasteiger partial charge in [-0.1, -0.05) is 18.2 Å². The van der Waals surface area contributed by atoms with Gasteiger partial charge in [0.2, 0.25) is 0 Å². The normalized spacial score (nSPS) is 18.8. The van der Waals surface area contributed by atoms with E-state index in [1.165, 1.54) is 4.90 Å². The third kappa shape index (κ3) is 4.63. The number of aryl methyl sites for hydroxylation is 1. The lowest BCUT2D eigenvalue weighted by atomic mass is 9.87. The average molecular weight is 403 g/mol. The summed E-state index contributed by atoms with van der Waals surface area (Å²) >= 11 is 0. The number of likely N-dealkylation sites (tertiary alicyclic amines) is 1. The van der Waals surface area contributed by atoms with Crippen LogP contribution >= 0.6 is 0 Å². The number of nitrogens with zero attached hydrogens (tertiary/aromatic N) is 2. The van der Waals surface area contributed by atoms with Gasteiger partial charge in [0.15, 0.2) is 0 Å². The molecule has 2 heterocycles. The fourth-order valence-electron chi connectivity index (χ4n) is 3.58. The van der Waals surface area contributed by atoms with Gasteiger partial charge in [-0.15, -0.1) is 0 Å². The van der Waals surface area contributed by atoms with E-state index in [1.54, 1.807) is 4.90 Å². The standard InChI is InChI=1S/C21H29N3O5/c1-15-7-5-6-8-16(15)28-14-13-24-17(25)21(22-18(24)26)9-11-23(12-10-21)19(27)29-20(2,3)4/h5-8H,9-14H2,1-4H3,(H,22,26). The summed E-state index contributed by atoms with van der Waals surface area (Å²) in [6.45, 7) is 8.50. The Morgan fingerprint density at radius 2 is 1.83 bits per heavy atom. The number of piperidine rings is 1. The van der Waals surface area contributed by atoms with Gasteiger partial charge in [0.05, 0.1) is 6.54 Å². The van der Waals surface area contributed by atoms with Crippen molar-refractivity contribution >= 4 is 18.0 Å². The molecule has 158 valence electrons. The van der Waals surface area contributed by atoms with Crippen LogP contribution in [-0.2, 0) is 9.53 Å². The Morgan fingerprint density at radius 3 is 2.45 bits per heavy atom. The largest absolute Gasteiger partial charge is 0.491 e. The fourth-order valence-corrected chi connectivity index (χ4v) is 3.58. The van der Waals surface area contributed by atoms with Gasteiger partial charge >= 0.3 is 12.1 Å². The monoisotopic (exact) mass is 403 g/mol. The Hall–Kier alpha value is -2.77. The molecule has 8 heteroatoms. The summed E-state index contributed by atoms with van der Waals surface area (Å²) in [5.41, 5.74) is -0.522. The van der Waals surface area contributed by atoms with Gasteiger partial charge in [0, 0.05) is 13.1 Å². The van der Waals surface area contributed by atoms with E-state index in [2.05, 4.69) is 5.32 Å². The van der Waals surface area contributed by atoms with Gasteiger partial charge in [0.25, 0.3) is 5.91 Å². The molecule has 1 spiro atoms. The second-order valence-corrected chi connectivity index (χ2v) is 8.55. The number of carbonyl (C=O) groups is 3. The first-order valence-electron chi connectivity index (χ1n) is 9.92. The summed E-state index contributed by atoms with van der Waals surface area (Å²) in [6.07, 6.45) is 0.338. The number of hydrogen-bond donors (Lipinski definition) is 1. The molecule has 1 aromatic rings. The number of benzene rings is 1. The second-order valence-electron chi connectivity index (χ2n) is 8.55. The third-order valence-electron chi connectivity index (χ3n) is 5.18. The van der Waals surface area contributed by atoms with Crippen molar-refractivity contribution in [3.8, 4) is 5.75 Å². The maximum absolute atomic E-state index is 13.0. The van der Waals surface area contributed by atoms with E-state index in [0.717, 1.165) is 11.3 Å². The maximum atomic E-state index is 13.0. The molecule has 29 heavy (non-hydrogen) atoms. The molecule has 2 saturated heterocycles. The number of nitrogens with one attached hydrogen (secondary N) is 1. The Labute approximate surface area is 171 Å².